The maximum atomic E-state index is 4.46. The third-order valence-electron chi connectivity index (χ3n) is 2.20. The lowest BCUT2D eigenvalue weighted by Gasteiger charge is -2.07. The standard InChI is InChI=1S/C11H17N/c1-4-9(2)8-11-7-5-6-10(3)12-11/h5-7,9H,4,8H2,1-3H3. The largest absolute Gasteiger partial charge is 0.258 e. The first kappa shape index (κ1) is 9.24. The number of rotatable bonds is 3. The zero-order valence-electron chi connectivity index (χ0n) is 8.17. The molecular formula is C11H17N. The topological polar surface area (TPSA) is 12.9 Å². The Morgan fingerprint density at radius 1 is 1.42 bits per heavy atom. The molecule has 1 nitrogen and oxygen atoms in total. The summed E-state index contributed by atoms with van der Waals surface area (Å²) in [6.07, 6.45) is 2.34. The zero-order chi connectivity index (χ0) is 8.97. The van der Waals surface area contributed by atoms with E-state index in [4.69, 9.17) is 0 Å². The second-order valence-corrected chi connectivity index (χ2v) is 3.49. The van der Waals surface area contributed by atoms with Gasteiger partial charge in [-0.15, -0.1) is 0 Å². The highest BCUT2D eigenvalue weighted by Crippen LogP contribution is 2.09. The molecule has 66 valence electrons. The van der Waals surface area contributed by atoms with E-state index in [-0.39, 0.29) is 0 Å². The molecule has 0 radical (unpaired) electrons. The quantitative estimate of drug-likeness (QED) is 0.667. The molecule has 0 spiro atoms. The molecule has 1 aromatic rings. The SMILES string of the molecule is CCC(C)Cc1cccc(C)n1. The molecule has 0 aliphatic carbocycles. The molecular weight excluding hydrogens is 146 g/mol. The minimum absolute atomic E-state index is 0.749. The molecule has 1 heterocycles. The highest BCUT2D eigenvalue weighted by molar-refractivity contribution is 5.10. The smallest absolute Gasteiger partial charge is 0.0409 e. The molecule has 0 saturated heterocycles. The van der Waals surface area contributed by atoms with Crippen LogP contribution in [-0.4, -0.2) is 4.98 Å². The molecule has 0 fully saturated rings. The summed E-state index contributed by atoms with van der Waals surface area (Å²) in [5.41, 5.74) is 2.35. The van der Waals surface area contributed by atoms with E-state index < -0.39 is 0 Å². The van der Waals surface area contributed by atoms with Crippen LogP contribution in [0.25, 0.3) is 0 Å². The fourth-order valence-electron chi connectivity index (χ4n) is 1.21. The van der Waals surface area contributed by atoms with Crippen LogP contribution in [0.15, 0.2) is 18.2 Å². The highest BCUT2D eigenvalue weighted by atomic mass is 14.7. The van der Waals surface area contributed by atoms with Crippen molar-refractivity contribution in [2.75, 3.05) is 0 Å². The Hall–Kier alpha value is -0.850. The fourth-order valence-corrected chi connectivity index (χ4v) is 1.21. The van der Waals surface area contributed by atoms with Gasteiger partial charge >= 0.3 is 0 Å². The molecule has 0 bridgehead atoms. The van der Waals surface area contributed by atoms with E-state index >= 15 is 0 Å². The van der Waals surface area contributed by atoms with Crippen LogP contribution in [0.4, 0.5) is 0 Å². The van der Waals surface area contributed by atoms with E-state index in [9.17, 15) is 0 Å². The van der Waals surface area contributed by atoms with Crippen molar-refractivity contribution in [2.24, 2.45) is 5.92 Å². The minimum Gasteiger partial charge on any atom is -0.258 e. The lowest BCUT2D eigenvalue weighted by Crippen LogP contribution is -2.00. The van der Waals surface area contributed by atoms with Gasteiger partial charge in [-0.1, -0.05) is 26.3 Å². The molecule has 0 amide bonds. The van der Waals surface area contributed by atoms with Crippen LogP contribution in [0.1, 0.15) is 31.7 Å². The molecule has 1 unspecified atom stereocenters. The molecule has 0 aliphatic rings. The van der Waals surface area contributed by atoms with Crippen molar-refractivity contribution in [3.8, 4) is 0 Å². The molecule has 0 aromatic carbocycles. The highest BCUT2D eigenvalue weighted by Gasteiger charge is 2.01. The normalized spacial score (nSPS) is 12.9. The van der Waals surface area contributed by atoms with Gasteiger partial charge in [0.1, 0.15) is 0 Å². The van der Waals surface area contributed by atoms with Crippen LogP contribution in [-0.2, 0) is 6.42 Å². The summed E-state index contributed by atoms with van der Waals surface area (Å²) in [5, 5.41) is 0. The number of hydrogen-bond acceptors (Lipinski definition) is 1. The second-order valence-electron chi connectivity index (χ2n) is 3.49. The van der Waals surface area contributed by atoms with Crippen molar-refractivity contribution in [3.63, 3.8) is 0 Å². The maximum Gasteiger partial charge on any atom is 0.0409 e. The summed E-state index contributed by atoms with van der Waals surface area (Å²) < 4.78 is 0. The van der Waals surface area contributed by atoms with Gasteiger partial charge in [-0.2, -0.15) is 0 Å². The minimum atomic E-state index is 0.749. The summed E-state index contributed by atoms with van der Waals surface area (Å²) in [5.74, 6) is 0.749. The van der Waals surface area contributed by atoms with Crippen molar-refractivity contribution in [2.45, 2.75) is 33.6 Å². The Morgan fingerprint density at radius 2 is 2.17 bits per heavy atom. The van der Waals surface area contributed by atoms with Crippen molar-refractivity contribution in [1.29, 1.82) is 0 Å². The molecule has 0 saturated carbocycles. The second kappa shape index (κ2) is 4.24. The Morgan fingerprint density at radius 3 is 2.75 bits per heavy atom. The molecule has 12 heavy (non-hydrogen) atoms. The number of pyridine rings is 1. The number of hydrogen-bond donors (Lipinski definition) is 0. The summed E-state index contributed by atoms with van der Waals surface area (Å²) in [7, 11) is 0. The van der Waals surface area contributed by atoms with Crippen molar-refractivity contribution in [1.82, 2.24) is 4.98 Å². The van der Waals surface area contributed by atoms with E-state index in [0.29, 0.717) is 0 Å². The number of aromatic nitrogens is 1. The van der Waals surface area contributed by atoms with Crippen LogP contribution in [0.5, 0.6) is 0 Å². The predicted octanol–water partition coefficient (Wildman–Crippen LogP) is 2.98. The van der Waals surface area contributed by atoms with E-state index in [1.165, 1.54) is 12.1 Å². The van der Waals surface area contributed by atoms with Crippen LogP contribution in [0.3, 0.4) is 0 Å². The zero-order valence-corrected chi connectivity index (χ0v) is 8.17. The van der Waals surface area contributed by atoms with Gasteiger partial charge in [0.25, 0.3) is 0 Å². The van der Waals surface area contributed by atoms with Crippen LogP contribution in [0, 0.1) is 12.8 Å². The van der Waals surface area contributed by atoms with E-state index in [1.54, 1.807) is 0 Å². The third-order valence-corrected chi connectivity index (χ3v) is 2.20. The predicted molar refractivity (Wildman–Crippen MR) is 52.1 cm³/mol. The van der Waals surface area contributed by atoms with Crippen LogP contribution < -0.4 is 0 Å². The lowest BCUT2D eigenvalue weighted by atomic mass is 10.0. The molecule has 1 heteroatoms. The fraction of sp³-hybridized carbons (Fsp3) is 0.545. The van der Waals surface area contributed by atoms with Gasteiger partial charge in [0.2, 0.25) is 0 Å². The monoisotopic (exact) mass is 163 g/mol. The van der Waals surface area contributed by atoms with Gasteiger partial charge in [0.15, 0.2) is 0 Å². The summed E-state index contributed by atoms with van der Waals surface area (Å²) in [6, 6.07) is 6.24. The summed E-state index contributed by atoms with van der Waals surface area (Å²) in [6.45, 7) is 6.53. The Kier molecular flexibility index (Phi) is 3.27. The maximum absolute atomic E-state index is 4.46. The first-order valence-electron chi connectivity index (χ1n) is 4.65. The Bertz CT molecular complexity index is 243. The first-order valence-corrected chi connectivity index (χ1v) is 4.65. The Labute approximate surface area is 74.8 Å². The van der Waals surface area contributed by atoms with Gasteiger partial charge in [-0.25, -0.2) is 0 Å². The Balaban J connectivity index is 2.63. The summed E-state index contributed by atoms with van der Waals surface area (Å²) in [4.78, 5) is 4.46. The van der Waals surface area contributed by atoms with E-state index in [0.717, 1.165) is 18.0 Å². The van der Waals surface area contributed by atoms with Gasteiger partial charge in [-0.05, 0) is 31.4 Å². The molecule has 1 aromatic heterocycles. The van der Waals surface area contributed by atoms with Crippen molar-refractivity contribution in [3.05, 3.63) is 29.6 Å². The van der Waals surface area contributed by atoms with Crippen LogP contribution >= 0.6 is 0 Å². The van der Waals surface area contributed by atoms with Crippen molar-refractivity contribution < 1.29 is 0 Å². The van der Waals surface area contributed by atoms with E-state index in [2.05, 4.69) is 31.0 Å². The molecule has 0 N–H and O–H groups in total. The van der Waals surface area contributed by atoms with Gasteiger partial charge in [0.05, 0.1) is 0 Å². The summed E-state index contributed by atoms with van der Waals surface area (Å²) >= 11 is 0. The molecule has 0 aliphatic heterocycles. The number of aryl methyl sites for hydroxylation is 1. The first-order chi connectivity index (χ1) is 5.72. The molecule has 1 atom stereocenters. The van der Waals surface area contributed by atoms with Gasteiger partial charge in [-0.3, -0.25) is 4.98 Å². The lowest BCUT2D eigenvalue weighted by molar-refractivity contribution is 0.552. The average molecular weight is 163 g/mol. The molecule has 1 rings (SSSR count). The average Bonchev–Trinajstić information content (AvgIpc) is 2.04. The van der Waals surface area contributed by atoms with Crippen molar-refractivity contribution >= 4 is 0 Å². The van der Waals surface area contributed by atoms with Gasteiger partial charge in [0, 0.05) is 11.4 Å². The van der Waals surface area contributed by atoms with E-state index in [1.807, 2.05) is 13.0 Å². The van der Waals surface area contributed by atoms with Crippen LogP contribution in [0.2, 0.25) is 0 Å². The third kappa shape index (κ3) is 2.65. The number of nitrogens with zero attached hydrogens (tertiary/aromatic N) is 1. The van der Waals surface area contributed by atoms with Gasteiger partial charge < -0.3 is 0 Å².